The number of hydrogen-bond acceptors (Lipinski definition) is 3. The lowest BCUT2D eigenvalue weighted by atomic mass is 9.96. The largest absolute Gasteiger partial charge is 0.341 e. The molecule has 1 unspecified atom stereocenters. The fraction of sp³-hybridized carbons (Fsp3) is 0.933. The second kappa shape index (κ2) is 7.25. The van der Waals surface area contributed by atoms with Gasteiger partial charge in [0, 0.05) is 13.1 Å². The third kappa shape index (κ3) is 3.93. The van der Waals surface area contributed by atoms with Crippen molar-refractivity contribution in [3.63, 3.8) is 0 Å². The third-order valence-electron chi connectivity index (χ3n) is 4.81. The van der Waals surface area contributed by atoms with E-state index in [1.54, 1.807) is 0 Å². The quantitative estimate of drug-likeness (QED) is 0.842. The Morgan fingerprint density at radius 1 is 1.11 bits per heavy atom. The molecule has 2 aliphatic rings. The molecule has 2 heterocycles. The van der Waals surface area contributed by atoms with E-state index in [0.29, 0.717) is 11.8 Å². The van der Waals surface area contributed by atoms with Crippen molar-refractivity contribution in [2.75, 3.05) is 32.7 Å². The number of nitrogens with zero attached hydrogens (tertiary/aromatic N) is 2. The molecule has 0 aromatic heterocycles. The number of nitrogens with two attached hydrogens (primary N) is 1. The Kier molecular flexibility index (Phi) is 5.64. The van der Waals surface area contributed by atoms with Gasteiger partial charge in [-0.2, -0.15) is 0 Å². The van der Waals surface area contributed by atoms with Crippen LogP contribution in [0.1, 0.15) is 45.4 Å². The highest BCUT2D eigenvalue weighted by molar-refractivity contribution is 5.81. The molecular formula is C15H29N3O. The number of piperidine rings is 1. The van der Waals surface area contributed by atoms with Gasteiger partial charge in [-0.15, -0.1) is 0 Å². The van der Waals surface area contributed by atoms with Gasteiger partial charge in [-0.05, 0) is 58.2 Å². The second-order valence-electron chi connectivity index (χ2n) is 6.13. The molecule has 19 heavy (non-hydrogen) atoms. The summed E-state index contributed by atoms with van der Waals surface area (Å²) in [5.41, 5.74) is 5.71. The van der Waals surface area contributed by atoms with Crippen LogP contribution < -0.4 is 5.73 Å². The monoisotopic (exact) mass is 267 g/mol. The number of hydrogen-bond donors (Lipinski definition) is 1. The van der Waals surface area contributed by atoms with Crippen LogP contribution in [0.5, 0.6) is 0 Å². The van der Waals surface area contributed by atoms with Gasteiger partial charge in [-0.3, -0.25) is 9.69 Å². The minimum Gasteiger partial charge on any atom is -0.341 e. The number of carbonyl (C=O) groups is 1. The molecule has 2 N–H and O–H groups in total. The Hall–Kier alpha value is -0.610. The Labute approximate surface area is 117 Å². The van der Waals surface area contributed by atoms with Crippen LogP contribution in [0, 0.1) is 5.92 Å². The summed E-state index contributed by atoms with van der Waals surface area (Å²) in [6, 6.07) is 0.0625. The zero-order chi connectivity index (χ0) is 13.7. The normalized spacial score (nSPS) is 25.1. The summed E-state index contributed by atoms with van der Waals surface area (Å²) in [4.78, 5) is 17.0. The number of amides is 1. The summed E-state index contributed by atoms with van der Waals surface area (Å²) in [5, 5.41) is 0. The van der Waals surface area contributed by atoms with E-state index in [0.717, 1.165) is 45.6 Å². The van der Waals surface area contributed by atoms with E-state index in [1.807, 2.05) is 0 Å². The Bertz CT molecular complexity index is 279. The molecule has 0 saturated carbocycles. The maximum Gasteiger partial charge on any atom is 0.239 e. The van der Waals surface area contributed by atoms with Gasteiger partial charge in [-0.25, -0.2) is 0 Å². The lowest BCUT2D eigenvalue weighted by Crippen LogP contribution is -2.50. The van der Waals surface area contributed by atoms with Crippen molar-refractivity contribution in [3.8, 4) is 0 Å². The molecule has 0 aromatic rings. The minimum absolute atomic E-state index is 0.0625. The molecule has 2 rings (SSSR count). The van der Waals surface area contributed by atoms with Crippen LogP contribution in [-0.4, -0.2) is 54.5 Å². The third-order valence-corrected chi connectivity index (χ3v) is 4.81. The van der Waals surface area contributed by atoms with Gasteiger partial charge in [0.05, 0.1) is 6.04 Å². The van der Waals surface area contributed by atoms with Gasteiger partial charge in [0.2, 0.25) is 5.91 Å². The van der Waals surface area contributed by atoms with Crippen molar-refractivity contribution in [2.45, 2.75) is 51.5 Å². The molecular weight excluding hydrogens is 238 g/mol. The van der Waals surface area contributed by atoms with E-state index in [2.05, 4.69) is 16.7 Å². The Balaban J connectivity index is 1.84. The smallest absolute Gasteiger partial charge is 0.239 e. The zero-order valence-electron chi connectivity index (χ0n) is 12.3. The lowest BCUT2D eigenvalue weighted by Gasteiger charge is -2.36. The summed E-state index contributed by atoms with van der Waals surface area (Å²) in [6.07, 6.45) is 7.28. The van der Waals surface area contributed by atoms with Crippen LogP contribution in [0.3, 0.4) is 0 Å². The topological polar surface area (TPSA) is 49.6 Å². The van der Waals surface area contributed by atoms with Crippen molar-refractivity contribution < 1.29 is 4.79 Å². The molecule has 1 amide bonds. The molecule has 2 fully saturated rings. The molecule has 0 spiro atoms. The molecule has 2 aliphatic heterocycles. The molecule has 0 radical (unpaired) electrons. The van der Waals surface area contributed by atoms with Gasteiger partial charge in [-0.1, -0.05) is 12.8 Å². The standard InChI is InChI=1S/C15H29N3O/c1-13(17-8-4-2-3-5-9-17)15(19)18-10-6-14(12-16)7-11-18/h13-14H,2-12,16H2,1H3. The van der Waals surface area contributed by atoms with E-state index in [4.69, 9.17) is 5.73 Å². The van der Waals surface area contributed by atoms with Gasteiger partial charge in [0.15, 0.2) is 0 Å². The first-order valence-corrected chi connectivity index (χ1v) is 7.95. The van der Waals surface area contributed by atoms with Crippen LogP contribution >= 0.6 is 0 Å². The van der Waals surface area contributed by atoms with E-state index in [9.17, 15) is 4.79 Å². The van der Waals surface area contributed by atoms with Crippen LogP contribution in [0.25, 0.3) is 0 Å². The van der Waals surface area contributed by atoms with Gasteiger partial charge in [0.1, 0.15) is 0 Å². The highest BCUT2D eigenvalue weighted by Crippen LogP contribution is 2.19. The first-order valence-electron chi connectivity index (χ1n) is 7.95. The van der Waals surface area contributed by atoms with E-state index in [-0.39, 0.29) is 6.04 Å². The average Bonchev–Trinajstić information content (AvgIpc) is 2.75. The molecule has 0 aromatic carbocycles. The number of likely N-dealkylation sites (tertiary alicyclic amines) is 2. The first-order chi connectivity index (χ1) is 9.22. The van der Waals surface area contributed by atoms with Crippen LogP contribution in [0.4, 0.5) is 0 Å². The van der Waals surface area contributed by atoms with Gasteiger partial charge in [0.25, 0.3) is 0 Å². The minimum atomic E-state index is 0.0625. The van der Waals surface area contributed by atoms with Crippen molar-refractivity contribution in [2.24, 2.45) is 11.7 Å². The van der Waals surface area contributed by atoms with Crippen molar-refractivity contribution in [1.29, 1.82) is 0 Å². The predicted molar refractivity (Wildman–Crippen MR) is 77.9 cm³/mol. The summed E-state index contributed by atoms with van der Waals surface area (Å²) in [6.45, 7) is 6.84. The summed E-state index contributed by atoms with van der Waals surface area (Å²) in [7, 11) is 0. The van der Waals surface area contributed by atoms with E-state index >= 15 is 0 Å². The predicted octanol–water partition coefficient (Wildman–Crippen LogP) is 1.45. The summed E-state index contributed by atoms with van der Waals surface area (Å²) < 4.78 is 0. The fourth-order valence-electron chi connectivity index (χ4n) is 3.29. The first kappa shape index (κ1) is 14.8. The Morgan fingerprint density at radius 3 is 2.21 bits per heavy atom. The molecule has 1 atom stereocenters. The molecule has 4 heteroatoms. The van der Waals surface area contributed by atoms with Crippen molar-refractivity contribution in [3.05, 3.63) is 0 Å². The van der Waals surface area contributed by atoms with Crippen molar-refractivity contribution >= 4 is 5.91 Å². The maximum atomic E-state index is 12.6. The second-order valence-corrected chi connectivity index (χ2v) is 6.13. The zero-order valence-corrected chi connectivity index (χ0v) is 12.3. The number of carbonyl (C=O) groups excluding carboxylic acids is 1. The van der Waals surface area contributed by atoms with E-state index < -0.39 is 0 Å². The maximum absolute atomic E-state index is 12.6. The SMILES string of the molecule is CC(C(=O)N1CCC(CN)CC1)N1CCCCCC1. The van der Waals surface area contributed by atoms with Gasteiger partial charge >= 0.3 is 0 Å². The Morgan fingerprint density at radius 2 is 1.68 bits per heavy atom. The highest BCUT2D eigenvalue weighted by Gasteiger charge is 2.28. The van der Waals surface area contributed by atoms with Crippen LogP contribution in [0.15, 0.2) is 0 Å². The van der Waals surface area contributed by atoms with Gasteiger partial charge < -0.3 is 10.6 Å². The number of rotatable bonds is 3. The van der Waals surface area contributed by atoms with Crippen LogP contribution in [0.2, 0.25) is 0 Å². The van der Waals surface area contributed by atoms with Crippen molar-refractivity contribution in [1.82, 2.24) is 9.80 Å². The molecule has 110 valence electrons. The van der Waals surface area contributed by atoms with Crippen LogP contribution in [-0.2, 0) is 4.79 Å². The summed E-state index contributed by atoms with van der Waals surface area (Å²) >= 11 is 0. The molecule has 0 aliphatic carbocycles. The van der Waals surface area contributed by atoms with E-state index in [1.165, 1.54) is 25.7 Å². The molecule has 4 nitrogen and oxygen atoms in total. The fourth-order valence-corrected chi connectivity index (χ4v) is 3.29. The summed E-state index contributed by atoms with van der Waals surface area (Å²) in [5.74, 6) is 0.954. The molecule has 2 saturated heterocycles. The molecule has 0 bridgehead atoms. The average molecular weight is 267 g/mol. The highest BCUT2D eigenvalue weighted by atomic mass is 16.2. The lowest BCUT2D eigenvalue weighted by molar-refractivity contribution is -0.137.